The Bertz CT molecular complexity index is 531. The molecule has 0 aliphatic carbocycles. The number of nitrogens with zero attached hydrogens (tertiary/aromatic N) is 2. The summed E-state index contributed by atoms with van der Waals surface area (Å²) >= 11 is 0. The van der Waals surface area contributed by atoms with Gasteiger partial charge in [-0.05, 0) is 26.3 Å². The van der Waals surface area contributed by atoms with Gasteiger partial charge in [0, 0.05) is 39.3 Å². The summed E-state index contributed by atoms with van der Waals surface area (Å²) in [6.07, 6.45) is 0.122. The van der Waals surface area contributed by atoms with Crippen molar-refractivity contribution in [3.05, 3.63) is 35.9 Å². The molecule has 0 aromatic heterocycles. The third kappa shape index (κ3) is 5.02. The molecule has 0 saturated carbocycles. The van der Waals surface area contributed by atoms with E-state index in [1.54, 1.807) is 0 Å². The van der Waals surface area contributed by atoms with E-state index >= 15 is 0 Å². The maximum atomic E-state index is 10.6. The van der Waals surface area contributed by atoms with Crippen LogP contribution in [-0.2, 0) is 15.1 Å². The van der Waals surface area contributed by atoms with Gasteiger partial charge >= 0.3 is 0 Å². The fourth-order valence-corrected chi connectivity index (χ4v) is 4.16. The van der Waals surface area contributed by atoms with Crippen molar-refractivity contribution in [2.24, 2.45) is 0 Å². The second-order valence-electron chi connectivity index (χ2n) is 7.81. The molecule has 0 radical (unpaired) electrons. The van der Waals surface area contributed by atoms with Crippen molar-refractivity contribution < 1.29 is 14.6 Å². The maximum absolute atomic E-state index is 10.6. The van der Waals surface area contributed by atoms with Crippen molar-refractivity contribution in [1.29, 1.82) is 0 Å². The van der Waals surface area contributed by atoms with Crippen molar-refractivity contribution in [2.45, 2.75) is 44.7 Å². The predicted molar refractivity (Wildman–Crippen MR) is 98.6 cm³/mol. The molecule has 2 fully saturated rings. The smallest absolute Gasteiger partial charge is 0.103 e. The number of hydrogen-bond donors (Lipinski definition) is 1. The number of ether oxygens (including phenoxy) is 2. The Labute approximate surface area is 151 Å². The SMILES string of the molecule is CC1CN(CC(O)CN2CCOC(C)(c3ccccc3)C2)CC(C)O1. The zero-order chi connectivity index (χ0) is 17.9. The first-order chi connectivity index (χ1) is 11.9. The third-order valence-corrected chi connectivity index (χ3v) is 5.17. The second-order valence-corrected chi connectivity index (χ2v) is 7.81. The standard InChI is InChI=1S/C20H32N2O3/c1-16-11-22(12-17(2)25-16)14-19(23)13-21-9-10-24-20(3,15-21)18-7-5-4-6-8-18/h4-8,16-17,19,23H,9-15H2,1-3H3. The highest BCUT2D eigenvalue weighted by Gasteiger charge is 2.34. The molecule has 0 amide bonds. The first-order valence-electron chi connectivity index (χ1n) is 9.42. The molecule has 1 N–H and O–H groups in total. The van der Waals surface area contributed by atoms with Gasteiger partial charge < -0.3 is 14.6 Å². The van der Waals surface area contributed by atoms with E-state index < -0.39 is 0 Å². The van der Waals surface area contributed by atoms with Crippen LogP contribution in [0.15, 0.2) is 30.3 Å². The van der Waals surface area contributed by atoms with Crippen molar-refractivity contribution in [3.8, 4) is 0 Å². The molecule has 3 rings (SSSR count). The number of hydrogen-bond acceptors (Lipinski definition) is 5. The van der Waals surface area contributed by atoms with E-state index in [2.05, 4.69) is 54.8 Å². The van der Waals surface area contributed by atoms with Crippen LogP contribution in [0.25, 0.3) is 0 Å². The van der Waals surface area contributed by atoms with Gasteiger partial charge in [0.1, 0.15) is 5.60 Å². The van der Waals surface area contributed by atoms with Gasteiger partial charge in [-0.2, -0.15) is 0 Å². The largest absolute Gasteiger partial charge is 0.390 e. The van der Waals surface area contributed by atoms with E-state index in [1.807, 2.05) is 6.07 Å². The zero-order valence-electron chi connectivity index (χ0n) is 15.7. The van der Waals surface area contributed by atoms with Crippen LogP contribution in [0, 0.1) is 0 Å². The summed E-state index contributed by atoms with van der Waals surface area (Å²) < 4.78 is 11.9. The molecule has 2 heterocycles. The van der Waals surface area contributed by atoms with Crippen LogP contribution in [0.1, 0.15) is 26.3 Å². The Kier molecular flexibility index (Phi) is 6.12. The van der Waals surface area contributed by atoms with Crippen molar-refractivity contribution in [2.75, 3.05) is 45.9 Å². The molecular weight excluding hydrogens is 316 g/mol. The van der Waals surface area contributed by atoms with Gasteiger partial charge in [-0.15, -0.1) is 0 Å². The highest BCUT2D eigenvalue weighted by atomic mass is 16.5. The first-order valence-corrected chi connectivity index (χ1v) is 9.42. The lowest BCUT2D eigenvalue weighted by molar-refractivity contribution is -0.113. The molecule has 2 aliphatic heterocycles. The summed E-state index contributed by atoms with van der Waals surface area (Å²) in [6.45, 7) is 11.9. The van der Waals surface area contributed by atoms with E-state index in [9.17, 15) is 5.11 Å². The number of aliphatic hydroxyl groups excluding tert-OH is 1. The average Bonchev–Trinajstić information content (AvgIpc) is 2.54. The third-order valence-electron chi connectivity index (χ3n) is 5.17. The van der Waals surface area contributed by atoms with Gasteiger partial charge in [-0.25, -0.2) is 0 Å². The molecule has 25 heavy (non-hydrogen) atoms. The number of rotatable bonds is 5. The first kappa shape index (κ1) is 18.8. The summed E-state index contributed by atoms with van der Waals surface area (Å²) in [6, 6.07) is 10.4. The van der Waals surface area contributed by atoms with Crippen LogP contribution in [0.2, 0.25) is 0 Å². The van der Waals surface area contributed by atoms with E-state index in [1.165, 1.54) is 5.56 Å². The Morgan fingerprint density at radius 2 is 1.76 bits per heavy atom. The Hall–Kier alpha value is -0.980. The Balaban J connectivity index is 1.54. The van der Waals surface area contributed by atoms with Crippen molar-refractivity contribution >= 4 is 0 Å². The van der Waals surface area contributed by atoms with E-state index in [4.69, 9.17) is 9.47 Å². The average molecular weight is 348 g/mol. The Morgan fingerprint density at radius 1 is 1.12 bits per heavy atom. The zero-order valence-corrected chi connectivity index (χ0v) is 15.7. The van der Waals surface area contributed by atoms with Crippen LogP contribution < -0.4 is 0 Å². The molecular formula is C20H32N2O3. The van der Waals surface area contributed by atoms with Crippen molar-refractivity contribution in [3.63, 3.8) is 0 Å². The van der Waals surface area contributed by atoms with Gasteiger partial charge in [0.15, 0.2) is 0 Å². The van der Waals surface area contributed by atoms with E-state index in [0.29, 0.717) is 19.7 Å². The minimum Gasteiger partial charge on any atom is -0.390 e. The lowest BCUT2D eigenvalue weighted by atomic mass is 9.93. The van der Waals surface area contributed by atoms with Crippen LogP contribution in [0.3, 0.4) is 0 Å². The van der Waals surface area contributed by atoms with Gasteiger partial charge in [0.05, 0.1) is 24.9 Å². The molecule has 4 atom stereocenters. The minimum absolute atomic E-state index is 0.237. The lowest BCUT2D eigenvalue weighted by Crippen LogP contribution is -2.53. The minimum atomic E-state index is -0.351. The molecule has 5 nitrogen and oxygen atoms in total. The molecule has 1 aromatic carbocycles. The van der Waals surface area contributed by atoms with E-state index in [-0.39, 0.29) is 23.9 Å². The molecule has 140 valence electrons. The molecule has 5 heteroatoms. The summed E-state index contributed by atoms with van der Waals surface area (Å²) in [5, 5.41) is 10.6. The van der Waals surface area contributed by atoms with E-state index in [0.717, 1.165) is 26.2 Å². The van der Waals surface area contributed by atoms with Crippen LogP contribution in [0.5, 0.6) is 0 Å². The van der Waals surface area contributed by atoms with Gasteiger partial charge in [0.25, 0.3) is 0 Å². The number of morpholine rings is 2. The predicted octanol–water partition coefficient (Wildman–Crippen LogP) is 1.70. The number of benzene rings is 1. The van der Waals surface area contributed by atoms with Gasteiger partial charge in [-0.1, -0.05) is 30.3 Å². The summed E-state index contributed by atoms with van der Waals surface area (Å²) in [7, 11) is 0. The fraction of sp³-hybridized carbons (Fsp3) is 0.700. The molecule has 4 unspecified atom stereocenters. The maximum Gasteiger partial charge on any atom is 0.103 e. The Morgan fingerprint density at radius 3 is 2.44 bits per heavy atom. The topological polar surface area (TPSA) is 45.2 Å². The molecule has 2 aliphatic rings. The fourth-order valence-electron chi connectivity index (χ4n) is 4.16. The summed E-state index contributed by atoms with van der Waals surface area (Å²) in [5.74, 6) is 0. The quantitative estimate of drug-likeness (QED) is 0.878. The van der Waals surface area contributed by atoms with Crippen LogP contribution in [-0.4, -0.2) is 79.1 Å². The number of aliphatic hydroxyl groups is 1. The molecule has 2 saturated heterocycles. The summed E-state index contributed by atoms with van der Waals surface area (Å²) in [5.41, 5.74) is 0.895. The molecule has 0 bridgehead atoms. The van der Waals surface area contributed by atoms with Crippen LogP contribution in [0.4, 0.5) is 0 Å². The van der Waals surface area contributed by atoms with Gasteiger partial charge in [0.2, 0.25) is 0 Å². The molecule has 0 spiro atoms. The monoisotopic (exact) mass is 348 g/mol. The van der Waals surface area contributed by atoms with Crippen molar-refractivity contribution in [1.82, 2.24) is 9.80 Å². The molecule has 1 aromatic rings. The number of β-amino-alcohol motifs (C(OH)–C–C–N with tert-alkyl or cyclic N) is 1. The lowest BCUT2D eigenvalue weighted by Gasteiger charge is -2.42. The second kappa shape index (κ2) is 8.14. The normalized spacial score (nSPS) is 33.3. The van der Waals surface area contributed by atoms with Gasteiger partial charge in [-0.3, -0.25) is 9.80 Å². The van der Waals surface area contributed by atoms with Crippen LogP contribution >= 0.6 is 0 Å². The highest BCUT2D eigenvalue weighted by molar-refractivity contribution is 5.22. The highest BCUT2D eigenvalue weighted by Crippen LogP contribution is 2.29. The summed E-state index contributed by atoms with van der Waals surface area (Å²) in [4.78, 5) is 4.65.